The van der Waals surface area contributed by atoms with E-state index in [-0.39, 0.29) is 11.9 Å². The molecule has 106 valence electrons. The summed E-state index contributed by atoms with van der Waals surface area (Å²) in [6.45, 7) is 10.6. The topological polar surface area (TPSA) is 58.4 Å². The Bertz CT molecular complexity index is 249. The third-order valence-electron chi connectivity index (χ3n) is 3.69. The van der Waals surface area contributed by atoms with Crippen LogP contribution in [-0.2, 0) is 4.79 Å². The van der Waals surface area contributed by atoms with Crippen molar-refractivity contribution in [3.05, 3.63) is 0 Å². The zero-order valence-corrected chi connectivity index (χ0v) is 12.1. The lowest BCUT2D eigenvalue weighted by Crippen LogP contribution is -2.38. The van der Waals surface area contributed by atoms with Gasteiger partial charge in [-0.2, -0.15) is 0 Å². The first-order valence-electron chi connectivity index (χ1n) is 7.23. The van der Waals surface area contributed by atoms with Crippen molar-refractivity contribution in [3.8, 4) is 0 Å². The average molecular weight is 255 g/mol. The van der Waals surface area contributed by atoms with Crippen LogP contribution in [-0.4, -0.2) is 43.0 Å². The van der Waals surface area contributed by atoms with Crippen molar-refractivity contribution in [2.24, 2.45) is 17.6 Å². The summed E-state index contributed by atoms with van der Waals surface area (Å²) in [5.41, 5.74) is 5.89. The van der Waals surface area contributed by atoms with E-state index in [1.807, 2.05) is 13.8 Å². The first kappa shape index (κ1) is 15.4. The summed E-state index contributed by atoms with van der Waals surface area (Å²) in [6.07, 6.45) is 3.08. The number of nitrogens with one attached hydrogen (secondary N) is 1. The molecule has 1 saturated heterocycles. The standard InChI is InChI=1S/C14H29N3O/c1-11(2)13(15)8-14(18)16-9-12(3)10-17-6-4-5-7-17/h11-13H,4-10,15H2,1-3H3,(H,16,18). The Morgan fingerprint density at radius 3 is 2.44 bits per heavy atom. The molecule has 0 spiro atoms. The van der Waals surface area contributed by atoms with Gasteiger partial charge in [-0.3, -0.25) is 4.79 Å². The fourth-order valence-corrected chi connectivity index (χ4v) is 2.28. The van der Waals surface area contributed by atoms with E-state index in [1.54, 1.807) is 0 Å². The summed E-state index contributed by atoms with van der Waals surface area (Å²) in [5.74, 6) is 0.963. The van der Waals surface area contributed by atoms with Crippen LogP contribution in [0.5, 0.6) is 0 Å². The van der Waals surface area contributed by atoms with Crippen LogP contribution in [0.15, 0.2) is 0 Å². The van der Waals surface area contributed by atoms with Crippen molar-refractivity contribution in [1.82, 2.24) is 10.2 Å². The van der Waals surface area contributed by atoms with E-state index in [9.17, 15) is 4.79 Å². The van der Waals surface area contributed by atoms with Gasteiger partial charge in [-0.1, -0.05) is 20.8 Å². The molecular weight excluding hydrogens is 226 g/mol. The van der Waals surface area contributed by atoms with E-state index in [0.717, 1.165) is 13.1 Å². The van der Waals surface area contributed by atoms with E-state index >= 15 is 0 Å². The number of hydrogen-bond acceptors (Lipinski definition) is 3. The van der Waals surface area contributed by atoms with Gasteiger partial charge in [0.25, 0.3) is 0 Å². The fourth-order valence-electron chi connectivity index (χ4n) is 2.28. The number of carbonyl (C=O) groups is 1. The van der Waals surface area contributed by atoms with Gasteiger partial charge < -0.3 is 16.0 Å². The first-order chi connectivity index (χ1) is 8.49. The van der Waals surface area contributed by atoms with Crippen molar-refractivity contribution < 1.29 is 4.79 Å². The molecule has 0 bridgehead atoms. The number of rotatable bonds is 7. The van der Waals surface area contributed by atoms with Crippen molar-refractivity contribution >= 4 is 5.91 Å². The molecule has 0 aromatic carbocycles. The van der Waals surface area contributed by atoms with Gasteiger partial charge in [0.05, 0.1) is 0 Å². The molecule has 0 aromatic heterocycles. The second-order valence-electron chi connectivity index (χ2n) is 6.03. The van der Waals surface area contributed by atoms with Crippen LogP contribution in [0.2, 0.25) is 0 Å². The molecule has 1 amide bonds. The number of carbonyl (C=O) groups excluding carboxylic acids is 1. The largest absolute Gasteiger partial charge is 0.356 e. The second-order valence-corrected chi connectivity index (χ2v) is 6.03. The molecule has 1 aliphatic heterocycles. The van der Waals surface area contributed by atoms with Gasteiger partial charge in [0, 0.05) is 25.6 Å². The summed E-state index contributed by atoms with van der Waals surface area (Å²) in [5, 5.41) is 3.00. The van der Waals surface area contributed by atoms with E-state index < -0.39 is 0 Å². The highest BCUT2D eigenvalue weighted by molar-refractivity contribution is 5.76. The molecule has 18 heavy (non-hydrogen) atoms. The van der Waals surface area contributed by atoms with Gasteiger partial charge in [0.15, 0.2) is 0 Å². The highest BCUT2D eigenvalue weighted by atomic mass is 16.1. The van der Waals surface area contributed by atoms with E-state index in [0.29, 0.717) is 18.3 Å². The summed E-state index contributed by atoms with van der Waals surface area (Å²) in [4.78, 5) is 14.2. The number of nitrogens with two attached hydrogens (primary N) is 1. The van der Waals surface area contributed by atoms with Gasteiger partial charge in [-0.25, -0.2) is 0 Å². The number of hydrogen-bond donors (Lipinski definition) is 2. The maximum absolute atomic E-state index is 11.7. The van der Waals surface area contributed by atoms with Crippen LogP contribution >= 0.6 is 0 Å². The molecule has 2 atom stereocenters. The Morgan fingerprint density at radius 2 is 1.89 bits per heavy atom. The summed E-state index contributed by atoms with van der Waals surface area (Å²) in [6, 6.07) is -0.0288. The lowest BCUT2D eigenvalue weighted by Gasteiger charge is -2.21. The Labute approximate surface area is 111 Å². The normalized spacial score (nSPS) is 20.1. The maximum Gasteiger partial charge on any atom is 0.221 e. The second kappa shape index (κ2) is 7.74. The first-order valence-corrected chi connectivity index (χ1v) is 7.23. The predicted molar refractivity (Wildman–Crippen MR) is 75.3 cm³/mol. The maximum atomic E-state index is 11.7. The molecule has 4 nitrogen and oxygen atoms in total. The molecular formula is C14H29N3O. The smallest absolute Gasteiger partial charge is 0.221 e. The lowest BCUT2D eigenvalue weighted by atomic mass is 10.0. The molecule has 0 aromatic rings. The fraction of sp³-hybridized carbons (Fsp3) is 0.929. The minimum Gasteiger partial charge on any atom is -0.356 e. The molecule has 0 saturated carbocycles. The van der Waals surface area contributed by atoms with E-state index in [1.165, 1.54) is 25.9 Å². The third-order valence-corrected chi connectivity index (χ3v) is 3.69. The van der Waals surface area contributed by atoms with Gasteiger partial charge in [0.1, 0.15) is 0 Å². The average Bonchev–Trinajstić information content (AvgIpc) is 2.79. The van der Waals surface area contributed by atoms with Crippen molar-refractivity contribution in [2.45, 2.75) is 46.1 Å². The van der Waals surface area contributed by atoms with Crippen LogP contribution in [0, 0.1) is 11.8 Å². The summed E-state index contributed by atoms with van der Waals surface area (Å²) >= 11 is 0. The molecule has 1 heterocycles. The van der Waals surface area contributed by atoms with Crippen LogP contribution in [0.3, 0.4) is 0 Å². The van der Waals surface area contributed by atoms with E-state index in [4.69, 9.17) is 5.73 Å². The highest BCUT2D eigenvalue weighted by Gasteiger charge is 2.16. The van der Waals surface area contributed by atoms with Crippen LogP contribution < -0.4 is 11.1 Å². The molecule has 1 fully saturated rings. The van der Waals surface area contributed by atoms with Gasteiger partial charge in [0.2, 0.25) is 5.91 Å². The Hall–Kier alpha value is -0.610. The SMILES string of the molecule is CC(CNC(=O)CC(N)C(C)C)CN1CCCC1. The molecule has 2 unspecified atom stereocenters. The third kappa shape index (κ3) is 5.83. The lowest BCUT2D eigenvalue weighted by molar-refractivity contribution is -0.121. The minimum atomic E-state index is -0.0288. The summed E-state index contributed by atoms with van der Waals surface area (Å²) < 4.78 is 0. The zero-order chi connectivity index (χ0) is 13.5. The quantitative estimate of drug-likeness (QED) is 0.719. The van der Waals surface area contributed by atoms with Crippen LogP contribution in [0.1, 0.15) is 40.0 Å². The highest BCUT2D eigenvalue weighted by Crippen LogP contribution is 2.09. The Balaban J connectivity index is 2.13. The molecule has 3 N–H and O–H groups in total. The number of nitrogens with zero attached hydrogens (tertiary/aromatic N) is 1. The van der Waals surface area contributed by atoms with Gasteiger partial charge in [-0.05, 0) is 37.8 Å². The Morgan fingerprint density at radius 1 is 1.28 bits per heavy atom. The van der Waals surface area contributed by atoms with Crippen molar-refractivity contribution in [3.63, 3.8) is 0 Å². The van der Waals surface area contributed by atoms with Gasteiger partial charge >= 0.3 is 0 Å². The molecule has 4 heteroatoms. The predicted octanol–water partition coefficient (Wildman–Crippen LogP) is 1.21. The van der Waals surface area contributed by atoms with Gasteiger partial charge in [-0.15, -0.1) is 0 Å². The molecule has 1 aliphatic rings. The monoisotopic (exact) mass is 255 g/mol. The van der Waals surface area contributed by atoms with Crippen molar-refractivity contribution in [1.29, 1.82) is 0 Å². The molecule has 0 aliphatic carbocycles. The Kier molecular flexibility index (Phi) is 6.65. The number of amides is 1. The van der Waals surface area contributed by atoms with Crippen LogP contribution in [0.4, 0.5) is 0 Å². The summed E-state index contributed by atoms with van der Waals surface area (Å²) in [7, 11) is 0. The molecule has 1 rings (SSSR count). The van der Waals surface area contributed by atoms with Crippen molar-refractivity contribution in [2.75, 3.05) is 26.2 Å². The van der Waals surface area contributed by atoms with Crippen LogP contribution in [0.25, 0.3) is 0 Å². The minimum absolute atomic E-state index is 0.0288. The zero-order valence-electron chi connectivity index (χ0n) is 12.1. The van der Waals surface area contributed by atoms with E-state index in [2.05, 4.69) is 17.1 Å². The molecule has 0 radical (unpaired) electrons. The number of likely N-dealkylation sites (tertiary alicyclic amines) is 1.